The highest BCUT2D eigenvalue weighted by Crippen LogP contribution is 2.41. The number of benzene rings is 1. The second kappa shape index (κ2) is 9.32. The van der Waals surface area contributed by atoms with Crippen LogP contribution in [0.4, 0.5) is 0 Å². The lowest BCUT2D eigenvalue weighted by molar-refractivity contribution is -0.140. The molecule has 1 saturated heterocycles. The number of nitrogens with zero attached hydrogens (tertiary/aromatic N) is 2. The van der Waals surface area contributed by atoms with Crippen molar-refractivity contribution in [2.24, 2.45) is 0 Å². The van der Waals surface area contributed by atoms with Crippen LogP contribution in [0.25, 0.3) is 5.76 Å². The van der Waals surface area contributed by atoms with Crippen LogP contribution < -0.4 is 4.74 Å². The van der Waals surface area contributed by atoms with E-state index >= 15 is 0 Å². The minimum absolute atomic E-state index is 0.00212. The summed E-state index contributed by atoms with van der Waals surface area (Å²) in [4.78, 5) is 31.6. The van der Waals surface area contributed by atoms with Gasteiger partial charge in [0.2, 0.25) is 0 Å². The first kappa shape index (κ1) is 22.3. The Labute approximate surface area is 192 Å². The summed E-state index contributed by atoms with van der Waals surface area (Å²) in [6.45, 7) is 6.63. The quantitative estimate of drug-likeness (QED) is 0.318. The molecular weight excluding hydrogens is 420 g/mol. The Morgan fingerprint density at radius 1 is 1.21 bits per heavy atom. The topological polar surface area (TPSA) is 92.9 Å². The van der Waals surface area contributed by atoms with Crippen molar-refractivity contribution in [3.05, 3.63) is 89.1 Å². The van der Waals surface area contributed by atoms with E-state index in [1.807, 2.05) is 26.8 Å². The Morgan fingerprint density at radius 3 is 2.67 bits per heavy atom. The molecule has 3 heterocycles. The van der Waals surface area contributed by atoms with E-state index < -0.39 is 17.7 Å². The normalized spacial score (nSPS) is 17.7. The van der Waals surface area contributed by atoms with Gasteiger partial charge in [0.25, 0.3) is 11.7 Å². The number of amides is 1. The number of carbonyl (C=O) groups is 2. The Kier molecular flexibility index (Phi) is 6.31. The summed E-state index contributed by atoms with van der Waals surface area (Å²) in [6, 6.07) is 11.4. The number of hydrogen-bond acceptors (Lipinski definition) is 6. The maximum atomic E-state index is 13.1. The minimum atomic E-state index is -0.853. The van der Waals surface area contributed by atoms with Gasteiger partial charge in [0, 0.05) is 24.5 Å². The maximum absolute atomic E-state index is 13.1. The van der Waals surface area contributed by atoms with Gasteiger partial charge >= 0.3 is 0 Å². The van der Waals surface area contributed by atoms with Crippen molar-refractivity contribution in [3.63, 3.8) is 0 Å². The maximum Gasteiger partial charge on any atom is 0.296 e. The molecule has 1 fully saturated rings. The van der Waals surface area contributed by atoms with Crippen molar-refractivity contribution in [1.29, 1.82) is 0 Å². The van der Waals surface area contributed by atoms with Gasteiger partial charge in [0.15, 0.2) is 0 Å². The van der Waals surface area contributed by atoms with E-state index in [9.17, 15) is 14.7 Å². The molecule has 0 saturated carbocycles. The third-order valence-electron chi connectivity index (χ3n) is 5.63. The number of pyridine rings is 1. The van der Waals surface area contributed by atoms with Crippen LogP contribution in [0.15, 0.2) is 71.1 Å². The number of ketones is 1. The van der Waals surface area contributed by atoms with Gasteiger partial charge in [0.1, 0.15) is 23.3 Å². The van der Waals surface area contributed by atoms with Crippen molar-refractivity contribution in [2.45, 2.75) is 39.3 Å². The van der Waals surface area contributed by atoms with E-state index in [2.05, 4.69) is 4.98 Å². The number of rotatable bonds is 7. The van der Waals surface area contributed by atoms with Crippen LogP contribution in [-0.4, -0.2) is 33.3 Å². The Morgan fingerprint density at radius 2 is 2.03 bits per heavy atom. The molecule has 1 unspecified atom stereocenters. The molecule has 0 spiro atoms. The predicted octanol–water partition coefficient (Wildman–Crippen LogP) is 4.82. The van der Waals surface area contributed by atoms with Crippen molar-refractivity contribution in [3.8, 4) is 5.75 Å². The molecule has 2 aromatic heterocycles. The van der Waals surface area contributed by atoms with E-state index in [0.29, 0.717) is 17.9 Å². The van der Waals surface area contributed by atoms with E-state index in [1.54, 1.807) is 48.8 Å². The fourth-order valence-electron chi connectivity index (χ4n) is 4.06. The van der Waals surface area contributed by atoms with Crippen LogP contribution in [0.3, 0.4) is 0 Å². The molecule has 1 atom stereocenters. The Hall–Kier alpha value is -3.87. The molecule has 1 amide bonds. The van der Waals surface area contributed by atoms with Gasteiger partial charge in [0.05, 0.1) is 18.4 Å². The molecule has 0 bridgehead atoms. The standard InChI is InChI=1S/C26H26N2O5/c1-4-32-20-10-9-18(13-19(20)16(2)3)24(29)22-23(21-8-6-12-33-21)28(26(31)25(22)30)15-17-7-5-11-27-14-17/h5-14,16,23,29H,4,15H2,1-3H3/b24-22-. The minimum Gasteiger partial charge on any atom is -0.507 e. The van der Waals surface area contributed by atoms with Crippen molar-refractivity contribution >= 4 is 17.4 Å². The van der Waals surface area contributed by atoms with Crippen LogP contribution in [0.5, 0.6) is 5.75 Å². The van der Waals surface area contributed by atoms with Crippen molar-refractivity contribution in [2.75, 3.05) is 6.61 Å². The van der Waals surface area contributed by atoms with Gasteiger partial charge in [-0.2, -0.15) is 0 Å². The molecule has 1 aliphatic heterocycles. The third-order valence-corrected chi connectivity index (χ3v) is 5.63. The van der Waals surface area contributed by atoms with Gasteiger partial charge in [-0.05, 0) is 60.4 Å². The Bertz CT molecular complexity index is 1180. The number of furan rings is 1. The summed E-state index contributed by atoms with van der Waals surface area (Å²) < 4.78 is 11.3. The van der Waals surface area contributed by atoms with Crippen LogP contribution in [0.2, 0.25) is 0 Å². The molecule has 1 aliphatic rings. The highest BCUT2D eigenvalue weighted by molar-refractivity contribution is 6.46. The van der Waals surface area contributed by atoms with Gasteiger partial charge < -0.3 is 19.2 Å². The molecule has 3 aromatic rings. The molecule has 4 rings (SSSR count). The number of likely N-dealkylation sites (tertiary alicyclic amines) is 1. The fourth-order valence-corrected chi connectivity index (χ4v) is 4.06. The largest absolute Gasteiger partial charge is 0.507 e. The summed E-state index contributed by atoms with van der Waals surface area (Å²) in [7, 11) is 0. The second-order valence-corrected chi connectivity index (χ2v) is 8.14. The monoisotopic (exact) mass is 446 g/mol. The highest BCUT2D eigenvalue weighted by atomic mass is 16.5. The van der Waals surface area contributed by atoms with Gasteiger partial charge in [-0.25, -0.2) is 0 Å². The number of ether oxygens (including phenoxy) is 1. The van der Waals surface area contributed by atoms with Gasteiger partial charge in [-0.1, -0.05) is 19.9 Å². The smallest absolute Gasteiger partial charge is 0.296 e. The summed E-state index contributed by atoms with van der Waals surface area (Å²) in [5.41, 5.74) is 2.11. The average molecular weight is 447 g/mol. The second-order valence-electron chi connectivity index (χ2n) is 8.14. The first-order valence-corrected chi connectivity index (χ1v) is 10.9. The summed E-state index contributed by atoms with van der Waals surface area (Å²) in [6.07, 6.45) is 4.76. The number of aromatic nitrogens is 1. The highest BCUT2D eigenvalue weighted by Gasteiger charge is 2.47. The summed E-state index contributed by atoms with van der Waals surface area (Å²) in [5, 5.41) is 11.3. The lowest BCUT2D eigenvalue weighted by Crippen LogP contribution is -2.29. The lowest BCUT2D eigenvalue weighted by Gasteiger charge is -2.23. The third kappa shape index (κ3) is 4.26. The molecule has 1 aromatic carbocycles. The first-order valence-electron chi connectivity index (χ1n) is 10.9. The van der Waals surface area contributed by atoms with Crippen LogP contribution in [0.1, 0.15) is 55.2 Å². The number of Topliss-reactive ketones (excluding diaryl/α,β-unsaturated/α-hetero) is 1. The molecule has 7 nitrogen and oxygen atoms in total. The Balaban J connectivity index is 1.83. The lowest BCUT2D eigenvalue weighted by atomic mass is 9.95. The number of carbonyl (C=O) groups excluding carboxylic acids is 2. The van der Waals surface area contributed by atoms with Gasteiger partial charge in [-0.3, -0.25) is 14.6 Å². The first-order chi connectivity index (χ1) is 15.9. The van der Waals surface area contributed by atoms with E-state index in [1.165, 1.54) is 11.2 Å². The predicted molar refractivity (Wildman–Crippen MR) is 122 cm³/mol. The number of aliphatic hydroxyl groups is 1. The number of hydrogen-bond donors (Lipinski definition) is 1. The molecule has 1 N–H and O–H groups in total. The van der Waals surface area contributed by atoms with Crippen LogP contribution in [-0.2, 0) is 16.1 Å². The number of aliphatic hydroxyl groups excluding tert-OH is 1. The van der Waals surface area contributed by atoms with E-state index in [0.717, 1.165) is 16.9 Å². The SMILES string of the molecule is CCOc1ccc(/C(O)=C2/C(=O)C(=O)N(Cc3cccnc3)C2c2ccco2)cc1C(C)C. The molecule has 0 radical (unpaired) electrons. The van der Waals surface area contributed by atoms with Crippen LogP contribution >= 0.6 is 0 Å². The van der Waals surface area contributed by atoms with Crippen molar-refractivity contribution in [1.82, 2.24) is 9.88 Å². The van der Waals surface area contributed by atoms with Crippen molar-refractivity contribution < 1.29 is 23.8 Å². The van der Waals surface area contributed by atoms with E-state index in [4.69, 9.17) is 9.15 Å². The van der Waals surface area contributed by atoms with Gasteiger partial charge in [-0.15, -0.1) is 0 Å². The molecule has 7 heteroatoms. The zero-order chi connectivity index (χ0) is 23.5. The zero-order valence-corrected chi connectivity index (χ0v) is 18.8. The fraction of sp³-hybridized carbons (Fsp3) is 0.269. The molecular formula is C26H26N2O5. The average Bonchev–Trinajstić information content (AvgIpc) is 3.42. The molecule has 0 aliphatic carbocycles. The molecule has 170 valence electrons. The van der Waals surface area contributed by atoms with E-state index in [-0.39, 0.29) is 23.8 Å². The van der Waals surface area contributed by atoms with Crippen LogP contribution in [0, 0.1) is 0 Å². The zero-order valence-electron chi connectivity index (χ0n) is 18.8. The molecule has 33 heavy (non-hydrogen) atoms. The summed E-state index contributed by atoms with van der Waals surface area (Å²) in [5.74, 6) is -0.436. The summed E-state index contributed by atoms with van der Waals surface area (Å²) >= 11 is 0.